The van der Waals surface area contributed by atoms with Crippen molar-refractivity contribution in [1.82, 2.24) is 15.5 Å². The summed E-state index contributed by atoms with van der Waals surface area (Å²) >= 11 is 0. The summed E-state index contributed by atoms with van der Waals surface area (Å²) in [6.07, 6.45) is 0.926. The van der Waals surface area contributed by atoms with Gasteiger partial charge in [0.05, 0.1) is 11.6 Å². The number of aromatic nitrogens is 2. The Hall–Kier alpha value is -0.940. The maximum Gasteiger partial charge on any atom is 0.242 e. The van der Waals surface area contributed by atoms with Gasteiger partial charge in [0.1, 0.15) is 6.61 Å². The molecule has 1 unspecified atom stereocenters. The third-order valence-corrected chi connectivity index (χ3v) is 2.27. The molecule has 1 N–H and O–H groups in total. The Labute approximate surface area is 103 Å². The van der Waals surface area contributed by atoms with Crippen LogP contribution < -0.4 is 5.32 Å². The van der Waals surface area contributed by atoms with E-state index in [0.29, 0.717) is 18.4 Å². The molecule has 1 rings (SSSR count). The Kier molecular flexibility index (Phi) is 5.08. The molecule has 0 saturated carbocycles. The van der Waals surface area contributed by atoms with Gasteiger partial charge < -0.3 is 14.5 Å². The van der Waals surface area contributed by atoms with Crippen molar-refractivity contribution in [3.63, 3.8) is 0 Å². The van der Waals surface area contributed by atoms with Crippen LogP contribution in [0.3, 0.4) is 0 Å². The number of nitrogens with zero attached hydrogens (tertiary/aromatic N) is 2. The SMILES string of the molecule is CCNC(CC)c1nnc(COC(C)(C)C)o1. The molecule has 1 aromatic heterocycles. The van der Waals surface area contributed by atoms with E-state index in [1.165, 1.54) is 0 Å². The second kappa shape index (κ2) is 6.12. The fraction of sp³-hybridized carbons (Fsp3) is 0.833. The molecule has 0 saturated heterocycles. The summed E-state index contributed by atoms with van der Waals surface area (Å²) < 4.78 is 11.2. The maximum absolute atomic E-state index is 5.59. The first-order valence-electron chi connectivity index (χ1n) is 6.16. The molecule has 1 aromatic rings. The Morgan fingerprint density at radius 3 is 2.53 bits per heavy atom. The van der Waals surface area contributed by atoms with Crippen LogP contribution in [0.15, 0.2) is 4.42 Å². The van der Waals surface area contributed by atoms with Gasteiger partial charge in [-0.05, 0) is 33.7 Å². The van der Waals surface area contributed by atoms with Gasteiger partial charge in [-0.25, -0.2) is 0 Å². The molecule has 0 aliphatic heterocycles. The van der Waals surface area contributed by atoms with Crippen LogP contribution in [0, 0.1) is 0 Å². The molecule has 5 heteroatoms. The van der Waals surface area contributed by atoms with Crippen molar-refractivity contribution in [2.24, 2.45) is 0 Å². The summed E-state index contributed by atoms with van der Waals surface area (Å²) in [5.41, 5.74) is -0.194. The van der Waals surface area contributed by atoms with E-state index < -0.39 is 0 Å². The number of ether oxygens (including phenoxy) is 1. The summed E-state index contributed by atoms with van der Waals surface area (Å²) in [4.78, 5) is 0. The van der Waals surface area contributed by atoms with E-state index in [0.717, 1.165) is 13.0 Å². The quantitative estimate of drug-likeness (QED) is 0.829. The van der Waals surface area contributed by atoms with Crippen molar-refractivity contribution in [2.45, 2.75) is 59.3 Å². The van der Waals surface area contributed by atoms with Crippen molar-refractivity contribution in [3.05, 3.63) is 11.8 Å². The van der Waals surface area contributed by atoms with Crippen molar-refractivity contribution in [1.29, 1.82) is 0 Å². The topological polar surface area (TPSA) is 60.2 Å². The molecule has 0 spiro atoms. The summed E-state index contributed by atoms with van der Waals surface area (Å²) in [7, 11) is 0. The molecule has 1 atom stereocenters. The van der Waals surface area contributed by atoms with Crippen LogP contribution >= 0.6 is 0 Å². The summed E-state index contributed by atoms with van der Waals surface area (Å²) in [6, 6.07) is 0.135. The van der Waals surface area contributed by atoms with E-state index in [2.05, 4.69) is 29.4 Å². The van der Waals surface area contributed by atoms with E-state index in [1.54, 1.807) is 0 Å². The van der Waals surface area contributed by atoms with Crippen LogP contribution in [0.1, 0.15) is 58.9 Å². The molecular weight excluding hydrogens is 218 g/mol. The molecule has 0 aliphatic carbocycles. The molecule has 0 aliphatic rings. The minimum atomic E-state index is -0.194. The van der Waals surface area contributed by atoms with Crippen LogP contribution in [0.2, 0.25) is 0 Å². The summed E-state index contributed by atoms with van der Waals surface area (Å²) in [5.74, 6) is 1.17. The lowest BCUT2D eigenvalue weighted by Gasteiger charge is -2.17. The minimum Gasteiger partial charge on any atom is -0.421 e. The van der Waals surface area contributed by atoms with Gasteiger partial charge >= 0.3 is 0 Å². The van der Waals surface area contributed by atoms with E-state index >= 15 is 0 Å². The van der Waals surface area contributed by atoms with E-state index in [4.69, 9.17) is 9.15 Å². The highest BCUT2D eigenvalue weighted by atomic mass is 16.5. The number of hydrogen-bond donors (Lipinski definition) is 1. The number of nitrogens with one attached hydrogen (secondary N) is 1. The van der Waals surface area contributed by atoms with Gasteiger partial charge in [-0.15, -0.1) is 10.2 Å². The normalized spacial score (nSPS) is 13.9. The second-order valence-electron chi connectivity index (χ2n) is 4.95. The zero-order valence-electron chi connectivity index (χ0n) is 11.4. The number of rotatable bonds is 6. The Balaban J connectivity index is 2.58. The predicted molar refractivity (Wildman–Crippen MR) is 65.5 cm³/mol. The van der Waals surface area contributed by atoms with Crippen LogP contribution in [0.5, 0.6) is 0 Å². The zero-order chi connectivity index (χ0) is 12.9. The van der Waals surface area contributed by atoms with E-state index in [-0.39, 0.29) is 11.6 Å². The van der Waals surface area contributed by atoms with Gasteiger partial charge in [-0.2, -0.15) is 0 Å². The van der Waals surface area contributed by atoms with Crippen LogP contribution in [0.25, 0.3) is 0 Å². The lowest BCUT2D eigenvalue weighted by atomic mass is 10.2. The molecule has 5 nitrogen and oxygen atoms in total. The zero-order valence-corrected chi connectivity index (χ0v) is 11.4. The molecule has 0 amide bonds. The number of hydrogen-bond acceptors (Lipinski definition) is 5. The monoisotopic (exact) mass is 241 g/mol. The fourth-order valence-corrected chi connectivity index (χ4v) is 1.40. The second-order valence-corrected chi connectivity index (χ2v) is 4.95. The van der Waals surface area contributed by atoms with Gasteiger partial charge in [0.25, 0.3) is 0 Å². The lowest BCUT2D eigenvalue weighted by Crippen LogP contribution is -2.20. The highest BCUT2D eigenvalue weighted by Gasteiger charge is 2.17. The van der Waals surface area contributed by atoms with Crippen molar-refractivity contribution < 1.29 is 9.15 Å². The van der Waals surface area contributed by atoms with Gasteiger partial charge in [0.15, 0.2) is 0 Å². The van der Waals surface area contributed by atoms with Crippen LogP contribution in [0.4, 0.5) is 0 Å². The molecule has 17 heavy (non-hydrogen) atoms. The largest absolute Gasteiger partial charge is 0.421 e. The Morgan fingerprint density at radius 2 is 2.00 bits per heavy atom. The van der Waals surface area contributed by atoms with Crippen molar-refractivity contribution in [3.8, 4) is 0 Å². The van der Waals surface area contributed by atoms with E-state index in [1.807, 2.05) is 20.8 Å². The van der Waals surface area contributed by atoms with Gasteiger partial charge in [0, 0.05) is 0 Å². The smallest absolute Gasteiger partial charge is 0.242 e. The fourth-order valence-electron chi connectivity index (χ4n) is 1.40. The first-order valence-corrected chi connectivity index (χ1v) is 6.16. The van der Waals surface area contributed by atoms with Gasteiger partial charge in [-0.3, -0.25) is 0 Å². The highest BCUT2D eigenvalue weighted by molar-refractivity contribution is 4.89. The summed E-state index contributed by atoms with van der Waals surface area (Å²) in [6.45, 7) is 11.4. The van der Waals surface area contributed by atoms with Crippen molar-refractivity contribution >= 4 is 0 Å². The Morgan fingerprint density at radius 1 is 1.29 bits per heavy atom. The first-order chi connectivity index (χ1) is 7.96. The molecule has 0 fully saturated rings. The maximum atomic E-state index is 5.59. The molecule has 98 valence electrons. The third-order valence-electron chi connectivity index (χ3n) is 2.27. The highest BCUT2D eigenvalue weighted by Crippen LogP contribution is 2.16. The standard InChI is InChI=1S/C12H23N3O2/c1-6-9(13-7-2)11-15-14-10(17-11)8-16-12(3,4)5/h9,13H,6-8H2,1-5H3. The predicted octanol–water partition coefficient (Wildman–Crippen LogP) is 2.45. The molecule has 0 bridgehead atoms. The first kappa shape index (κ1) is 14.1. The van der Waals surface area contributed by atoms with E-state index in [9.17, 15) is 0 Å². The van der Waals surface area contributed by atoms with Crippen LogP contribution in [-0.2, 0) is 11.3 Å². The third kappa shape index (κ3) is 4.83. The molecular formula is C12H23N3O2. The van der Waals surface area contributed by atoms with Crippen molar-refractivity contribution in [2.75, 3.05) is 6.54 Å². The summed E-state index contributed by atoms with van der Waals surface area (Å²) in [5, 5.41) is 11.3. The molecule has 0 aromatic carbocycles. The van der Waals surface area contributed by atoms with Crippen LogP contribution in [-0.4, -0.2) is 22.3 Å². The van der Waals surface area contributed by atoms with Gasteiger partial charge in [-0.1, -0.05) is 13.8 Å². The minimum absolute atomic E-state index is 0.135. The lowest BCUT2D eigenvalue weighted by molar-refractivity contribution is -0.0248. The molecule has 0 radical (unpaired) electrons. The Bertz CT molecular complexity index is 331. The average molecular weight is 241 g/mol. The van der Waals surface area contributed by atoms with Gasteiger partial charge in [0.2, 0.25) is 11.8 Å². The average Bonchev–Trinajstić information content (AvgIpc) is 2.70. The molecule has 1 heterocycles.